The first-order valence-electron chi connectivity index (χ1n) is 6.56. The van der Waals surface area contributed by atoms with Crippen molar-refractivity contribution >= 4 is 21.7 Å². The smallest absolute Gasteiger partial charge is 0.326 e. The third-order valence-corrected chi connectivity index (χ3v) is 4.95. The summed E-state index contributed by atoms with van der Waals surface area (Å²) in [5.74, 6) is -1.93. The van der Waals surface area contributed by atoms with Gasteiger partial charge in [-0.2, -0.15) is 0 Å². The average molecular weight is 313 g/mol. The fourth-order valence-electron chi connectivity index (χ4n) is 1.93. The Morgan fingerprint density at radius 2 is 1.81 bits per heavy atom. The molecule has 6 nitrogen and oxygen atoms in total. The van der Waals surface area contributed by atoms with Crippen LogP contribution in [0.5, 0.6) is 0 Å². The largest absolute Gasteiger partial charge is 0.480 e. The maximum absolute atomic E-state index is 12.0. The predicted molar refractivity (Wildman–Crippen MR) is 77.6 cm³/mol. The van der Waals surface area contributed by atoms with E-state index in [0.717, 1.165) is 4.90 Å². The Kier molecular flexibility index (Phi) is 5.90. The van der Waals surface area contributed by atoms with E-state index in [1.54, 1.807) is 25.1 Å². The molecule has 116 valence electrons. The number of hydrogen-bond donors (Lipinski definition) is 1. The first-order chi connectivity index (χ1) is 9.79. The molecule has 1 unspecified atom stereocenters. The topological polar surface area (TPSA) is 91.8 Å². The van der Waals surface area contributed by atoms with Gasteiger partial charge in [-0.15, -0.1) is 0 Å². The lowest BCUT2D eigenvalue weighted by Gasteiger charge is -2.23. The van der Waals surface area contributed by atoms with Crippen molar-refractivity contribution in [2.24, 2.45) is 0 Å². The molecule has 1 aromatic rings. The second-order valence-corrected chi connectivity index (χ2v) is 6.76. The molecule has 0 aliphatic carbocycles. The number of carboxylic acids is 1. The van der Waals surface area contributed by atoms with Crippen molar-refractivity contribution in [2.45, 2.75) is 30.7 Å². The molecular formula is C14H19NO5S. The Hall–Kier alpha value is -1.89. The molecule has 1 rings (SSSR count). The highest BCUT2D eigenvalue weighted by atomic mass is 32.2. The number of rotatable bonds is 7. The third-order valence-electron chi connectivity index (χ3n) is 3.22. The molecule has 0 radical (unpaired) electrons. The summed E-state index contributed by atoms with van der Waals surface area (Å²) in [7, 11) is -2.16. The van der Waals surface area contributed by atoms with Gasteiger partial charge in [-0.3, -0.25) is 4.79 Å². The van der Waals surface area contributed by atoms with Gasteiger partial charge in [-0.25, -0.2) is 13.2 Å². The summed E-state index contributed by atoms with van der Waals surface area (Å²) in [6.45, 7) is 1.66. The summed E-state index contributed by atoms with van der Waals surface area (Å²) >= 11 is 0. The molecule has 0 saturated carbocycles. The van der Waals surface area contributed by atoms with Crippen molar-refractivity contribution in [3.8, 4) is 0 Å². The molecule has 0 spiro atoms. The number of carbonyl (C=O) groups is 2. The van der Waals surface area contributed by atoms with E-state index in [2.05, 4.69) is 0 Å². The summed E-state index contributed by atoms with van der Waals surface area (Å²) < 4.78 is 24.1. The molecule has 1 N–H and O–H groups in total. The first kappa shape index (κ1) is 17.2. The lowest BCUT2D eigenvalue weighted by Crippen LogP contribution is -2.42. The molecule has 7 heteroatoms. The summed E-state index contributed by atoms with van der Waals surface area (Å²) in [4.78, 5) is 24.2. The molecule has 0 fully saturated rings. The number of aliphatic carboxylic acids is 1. The summed E-state index contributed by atoms with van der Waals surface area (Å²) in [5, 5.41) is 8.99. The van der Waals surface area contributed by atoms with E-state index in [0.29, 0.717) is 0 Å². The number of sulfone groups is 1. The molecule has 0 aromatic heterocycles. The molecule has 1 aromatic carbocycles. The van der Waals surface area contributed by atoms with Crippen LogP contribution in [0.4, 0.5) is 0 Å². The van der Waals surface area contributed by atoms with Gasteiger partial charge in [-0.05, 0) is 18.6 Å². The van der Waals surface area contributed by atoms with E-state index in [1.165, 1.54) is 19.2 Å². The lowest BCUT2D eigenvalue weighted by molar-refractivity contribution is -0.149. The number of nitrogens with zero attached hydrogens (tertiary/aromatic N) is 1. The van der Waals surface area contributed by atoms with Crippen LogP contribution < -0.4 is 0 Å². The fraction of sp³-hybridized carbons (Fsp3) is 0.429. The maximum Gasteiger partial charge on any atom is 0.326 e. The van der Waals surface area contributed by atoms with Gasteiger partial charge < -0.3 is 10.0 Å². The maximum atomic E-state index is 12.0. The zero-order chi connectivity index (χ0) is 16.0. The average Bonchev–Trinajstić information content (AvgIpc) is 2.46. The molecule has 0 aliphatic rings. The van der Waals surface area contributed by atoms with E-state index < -0.39 is 27.8 Å². The highest BCUT2D eigenvalue weighted by Crippen LogP contribution is 2.12. The van der Waals surface area contributed by atoms with Crippen LogP contribution >= 0.6 is 0 Å². The summed E-state index contributed by atoms with van der Waals surface area (Å²) in [6, 6.07) is 6.93. The second-order valence-electron chi connectivity index (χ2n) is 4.65. The first-order valence-corrected chi connectivity index (χ1v) is 8.21. The zero-order valence-corrected chi connectivity index (χ0v) is 12.8. The normalized spacial score (nSPS) is 12.7. The molecule has 21 heavy (non-hydrogen) atoms. The molecule has 0 saturated heterocycles. The zero-order valence-electron chi connectivity index (χ0n) is 12.0. The number of carboxylic acid groups (broad SMARTS) is 1. The van der Waals surface area contributed by atoms with Gasteiger partial charge in [0.15, 0.2) is 9.84 Å². The van der Waals surface area contributed by atoms with E-state index in [-0.39, 0.29) is 23.5 Å². The van der Waals surface area contributed by atoms with Gasteiger partial charge in [0.05, 0.1) is 10.6 Å². The highest BCUT2D eigenvalue weighted by Gasteiger charge is 2.26. The van der Waals surface area contributed by atoms with Crippen LogP contribution in [-0.4, -0.2) is 49.1 Å². The van der Waals surface area contributed by atoms with Crippen LogP contribution in [0.2, 0.25) is 0 Å². The number of hydrogen-bond acceptors (Lipinski definition) is 4. The van der Waals surface area contributed by atoms with E-state index in [9.17, 15) is 18.0 Å². The minimum absolute atomic E-state index is 0.158. The lowest BCUT2D eigenvalue weighted by atomic mass is 10.2. The van der Waals surface area contributed by atoms with Gasteiger partial charge in [0.2, 0.25) is 5.91 Å². The minimum Gasteiger partial charge on any atom is -0.480 e. The Morgan fingerprint density at radius 1 is 1.24 bits per heavy atom. The Morgan fingerprint density at radius 3 is 2.29 bits per heavy atom. The van der Waals surface area contributed by atoms with Crippen LogP contribution in [0.25, 0.3) is 0 Å². The van der Waals surface area contributed by atoms with E-state index in [4.69, 9.17) is 5.11 Å². The SMILES string of the molecule is CCC(C(=O)O)N(C)C(=O)CCS(=O)(=O)c1ccccc1. The third kappa shape index (κ3) is 4.56. The van der Waals surface area contributed by atoms with Crippen LogP contribution in [0, 0.1) is 0 Å². The van der Waals surface area contributed by atoms with Gasteiger partial charge in [0, 0.05) is 13.5 Å². The Balaban J connectivity index is 2.71. The van der Waals surface area contributed by atoms with Crippen molar-refractivity contribution in [3.05, 3.63) is 30.3 Å². The number of carbonyl (C=O) groups excluding carboxylic acids is 1. The van der Waals surface area contributed by atoms with Crippen LogP contribution in [0.15, 0.2) is 35.2 Å². The molecular weight excluding hydrogens is 294 g/mol. The standard InChI is InChI=1S/C14H19NO5S/c1-3-12(14(17)18)15(2)13(16)9-10-21(19,20)11-7-5-4-6-8-11/h4-8,12H,3,9-10H2,1-2H3,(H,17,18). The molecule has 1 atom stereocenters. The van der Waals surface area contributed by atoms with Crippen molar-refractivity contribution in [3.63, 3.8) is 0 Å². The van der Waals surface area contributed by atoms with Crippen LogP contribution in [0.3, 0.4) is 0 Å². The monoisotopic (exact) mass is 313 g/mol. The molecule has 1 amide bonds. The quantitative estimate of drug-likeness (QED) is 0.816. The van der Waals surface area contributed by atoms with Crippen molar-refractivity contribution in [1.82, 2.24) is 4.90 Å². The van der Waals surface area contributed by atoms with Crippen molar-refractivity contribution in [2.75, 3.05) is 12.8 Å². The van der Waals surface area contributed by atoms with Gasteiger partial charge in [-0.1, -0.05) is 25.1 Å². The summed E-state index contributed by atoms with van der Waals surface area (Å²) in [5.41, 5.74) is 0. The Bertz CT molecular complexity index is 597. The van der Waals surface area contributed by atoms with Crippen LogP contribution in [-0.2, 0) is 19.4 Å². The molecule has 0 heterocycles. The predicted octanol–water partition coefficient (Wildman–Crippen LogP) is 1.17. The van der Waals surface area contributed by atoms with Crippen LogP contribution in [0.1, 0.15) is 19.8 Å². The number of amides is 1. The number of benzene rings is 1. The van der Waals surface area contributed by atoms with Gasteiger partial charge in [0.1, 0.15) is 6.04 Å². The van der Waals surface area contributed by atoms with Gasteiger partial charge >= 0.3 is 5.97 Å². The second kappa shape index (κ2) is 7.21. The Labute approximate surface area is 124 Å². The highest BCUT2D eigenvalue weighted by molar-refractivity contribution is 7.91. The molecule has 0 aliphatic heterocycles. The van der Waals surface area contributed by atoms with Crippen molar-refractivity contribution < 1.29 is 23.1 Å². The molecule has 0 bridgehead atoms. The van der Waals surface area contributed by atoms with Gasteiger partial charge in [0.25, 0.3) is 0 Å². The van der Waals surface area contributed by atoms with E-state index in [1.807, 2.05) is 0 Å². The number of likely N-dealkylation sites (N-methyl/N-ethyl adjacent to an activating group) is 1. The fourth-order valence-corrected chi connectivity index (χ4v) is 3.18. The van der Waals surface area contributed by atoms with Crippen molar-refractivity contribution in [1.29, 1.82) is 0 Å². The van der Waals surface area contributed by atoms with E-state index >= 15 is 0 Å². The minimum atomic E-state index is -3.54. The summed E-state index contributed by atoms with van der Waals surface area (Å²) in [6.07, 6.45) is 0.0283.